The highest BCUT2D eigenvalue weighted by Crippen LogP contribution is 2.38. The maximum absolute atomic E-state index is 12.3. The Labute approximate surface area is 125 Å². The molecule has 0 radical (unpaired) electrons. The Bertz CT molecular complexity index is 305. The quantitative estimate of drug-likeness (QED) is 0.838. The minimum atomic E-state index is -0.00784. The fourth-order valence-electron chi connectivity index (χ4n) is 3.40. The Balaban J connectivity index is 2.43. The summed E-state index contributed by atoms with van der Waals surface area (Å²) >= 11 is 0. The largest absolute Gasteiger partial charge is 0.343 e. The van der Waals surface area contributed by atoms with Gasteiger partial charge in [-0.1, -0.05) is 47.5 Å². The fourth-order valence-corrected chi connectivity index (χ4v) is 3.40. The van der Waals surface area contributed by atoms with Crippen LogP contribution >= 0.6 is 0 Å². The van der Waals surface area contributed by atoms with Crippen LogP contribution in [0.2, 0.25) is 0 Å². The summed E-state index contributed by atoms with van der Waals surface area (Å²) in [5.41, 5.74) is 6.80. The first-order valence-corrected chi connectivity index (χ1v) is 8.25. The number of nitrogens with zero attached hydrogens (tertiary/aromatic N) is 1. The number of nitrogens with two attached hydrogens (primary N) is 1. The van der Waals surface area contributed by atoms with Crippen molar-refractivity contribution in [3.05, 3.63) is 0 Å². The van der Waals surface area contributed by atoms with E-state index in [4.69, 9.17) is 5.73 Å². The normalized spacial score (nSPS) is 20.8. The van der Waals surface area contributed by atoms with Crippen molar-refractivity contribution < 1.29 is 4.79 Å². The third-order valence-electron chi connectivity index (χ3n) is 4.99. The number of piperidine rings is 1. The molecule has 1 heterocycles. The van der Waals surface area contributed by atoms with E-state index >= 15 is 0 Å². The molecule has 20 heavy (non-hydrogen) atoms. The highest BCUT2D eigenvalue weighted by Gasteiger charge is 2.33. The van der Waals surface area contributed by atoms with E-state index in [2.05, 4.69) is 34.6 Å². The van der Waals surface area contributed by atoms with Gasteiger partial charge < -0.3 is 10.6 Å². The molecule has 0 spiro atoms. The maximum Gasteiger partial charge on any atom is 0.224 e. The standard InChI is InChI=1S/C17H34N2O/c1-6-17(7-2)8-10-19(11-9-17)15(20)12-14(18)13-16(3,4)5/h14H,6-13,18H2,1-5H3. The van der Waals surface area contributed by atoms with E-state index in [1.54, 1.807) is 0 Å². The van der Waals surface area contributed by atoms with Gasteiger partial charge in [0.1, 0.15) is 0 Å². The van der Waals surface area contributed by atoms with Gasteiger partial charge in [0.05, 0.1) is 0 Å². The van der Waals surface area contributed by atoms with Gasteiger partial charge in [-0.05, 0) is 30.1 Å². The van der Waals surface area contributed by atoms with Crippen molar-refractivity contribution >= 4 is 5.91 Å². The molecule has 0 aromatic carbocycles. The Morgan fingerprint density at radius 3 is 2.10 bits per heavy atom. The zero-order valence-electron chi connectivity index (χ0n) is 14.2. The fraction of sp³-hybridized carbons (Fsp3) is 0.941. The molecule has 1 amide bonds. The molecule has 1 aliphatic rings. The van der Waals surface area contributed by atoms with Gasteiger partial charge in [-0.15, -0.1) is 0 Å². The van der Waals surface area contributed by atoms with E-state index in [1.165, 1.54) is 12.8 Å². The van der Waals surface area contributed by atoms with E-state index in [0.717, 1.165) is 32.4 Å². The maximum atomic E-state index is 12.3. The second-order valence-corrected chi connectivity index (χ2v) is 7.82. The van der Waals surface area contributed by atoms with Gasteiger partial charge in [0.2, 0.25) is 5.91 Å². The molecule has 0 aromatic heterocycles. The smallest absolute Gasteiger partial charge is 0.224 e. The molecule has 1 atom stereocenters. The third kappa shape index (κ3) is 5.08. The van der Waals surface area contributed by atoms with E-state index in [1.807, 2.05) is 4.90 Å². The van der Waals surface area contributed by atoms with Crippen LogP contribution in [-0.4, -0.2) is 29.9 Å². The van der Waals surface area contributed by atoms with Gasteiger partial charge in [-0.2, -0.15) is 0 Å². The average molecular weight is 282 g/mol. The number of carbonyl (C=O) groups is 1. The van der Waals surface area contributed by atoms with Crippen LogP contribution < -0.4 is 5.73 Å². The van der Waals surface area contributed by atoms with Crippen LogP contribution in [0.25, 0.3) is 0 Å². The molecule has 3 nitrogen and oxygen atoms in total. The van der Waals surface area contributed by atoms with E-state index < -0.39 is 0 Å². The summed E-state index contributed by atoms with van der Waals surface area (Å²) in [5.74, 6) is 0.252. The number of likely N-dealkylation sites (tertiary alicyclic amines) is 1. The molecule has 0 saturated carbocycles. The lowest BCUT2D eigenvalue weighted by Crippen LogP contribution is -2.44. The van der Waals surface area contributed by atoms with Gasteiger partial charge in [0, 0.05) is 25.6 Å². The van der Waals surface area contributed by atoms with E-state index in [-0.39, 0.29) is 17.4 Å². The van der Waals surface area contributed by atoms with Gasteiger partial charge in [-0.25, -0.2) is 0 Å². The van der Waals surface area contributed by atoms with Crippen molar-refractivity contribution in [3.8, 4) is 0 Å². The van der Waals surface area contributed by atoms with Crippen LogP contribution in [-0.2, 0) is 4.79 Å². The summed E-state index contributed by atoms with van der Waals surface area (Å²) in [5, 5.41) is 0. The van der Waals surface area contributed by atoms with Crippen LogP contribution in [0.1, 0.15) is 73.1 Å². The first kappa shape index (κ1) is 17.5. The molecular weight excluding hydrogens is 248 g/mol. The van der Waals surface area contributed by atoms with Crippen LogP contribution in [0.4, 0.5) is 0 Å². The molecule has 1 unspecified atom stereocenters. The topological polar surface area (TPSA) is 46.3 Å². The molecule has 1 aliphatic heterocycles. The lowest BCUT2D eigenvalue weighted by Gasteiger charge is -2.41. The lowest BCUT2D eigenvalue weighted by atomic mass is 9.74. The predicted molar refractivity (Wildman–Crippen MR) is 85.5 cm³/mol. The molecule has 0 aliphatic carbocycles. The first-order chi connectivity index (χ1) is 9.21. The van der Waals surface area contributed by atoms with Gasteiger partial charge in [-0.3, -0.25) is 4.79 Å². The number of hydrogen-bond donors (Lipinski definition) is 1. The molecule has 118 valence electrons. The molecule has 0 aromatic rings. The van der Waals surface area contributed by atoms with Crippen LogP contribution in [0.15, 0.2) is 0 Å². The van der Waals surface area contributed by atoms with Crippen molar-refractivity contribution in [2.24, 2.45) is 16.6 Å². The number of carbonyl (C=O) groups excluding carboxylic acids is 1. The SMILES string of the molecule is CCC1(CC)CCN(C(=O)CC(N)CC(C)(C)C)CC1. The predicted octanol–water partition coefficient (Wildman–Crippen LogP) is 3.57. The summed E-state index contributed by atoms with van der Waals surface area (Å²) in [6.45, 7) is 12.9. The van der Waals surface area contributed by atoms with Crippen molar-refractivity contribution in [2.75, 3.05) is 13.1 Å². The minimum absolute atomic E-state index is 0.00784. The molecule has 1 fully saturated rings. The van der Waals surface area contributed by atoms with Gasteiger partial charge in [0.15, 0.2) is 0 Å². The van der Waals surface area contributed by atoms with Crippen LogP contribution in [0.5, 0.6) is 0 Å². The van der Waals surface area contributed by atoms with Crippen molar-refractivity contribution in [1.29, 1.82) is 0 Å². The van der Waals surface area contributed by atoms with Crippen LogP contribution in [0, 0.1) is 10.8 Å². The summed E-state index contributed by atoms with van der Waals surface area (Å²) in [6.07, 6.45) is 6.17. The minimum Gasteiger partial charge on any atom is -0.343 e. The third-order valence-corrected chi connectivity index (χ3v) is 4.99. The van der Waals surface area contributed by atoms with E-state index in [9.17, 15) is 4.79 Å². The second-order valence-electron chi connectivity index (χ2n) is 7.82. The Morgan fingerprint density at radius 2 is 1.70 bits per heavy atom. The summed E-state index contributed by atoms with van der Waals surface area (Å²) in [4.78, 5) is 14.4. The highest BCUT2D eigenvalue weighted by molar-refractivity contribution is 5.76. The van der Waals surface area contributed by atoms with E-state index in [0.29, 0.717) is 11.8 Å². The average Bonchev–Trinajstić information content (AvgIpc) is 2.36. The number of hydrogen-bond acceptors (Lipinski definition) is 2. The monoisotopic (exact) mass is 282 g/mol. The number of amides is 1. The lowest BCUT2D eigenvalue weighted by molar-refractivity contribution is -0.134. The van der Waals surface area contributed by atoms with Gasteiger partial charge >= 0.3 is 0 Å². The molecule has 3 heteroatoms. The highest BCUT2D eigenvalue weighted by atomic mass is 16.2. The van der Waals surface area contributed by atoms with Crippen molar-refractivity contribution in [1.82, 2.24) is 4.90 Å². The number of rotatable bonds is 5. The summed E-state index contributed by atoms with van der Waals surface area (Å²) in [7, 11) is 0. The van der Waals surface area contributed by atoms with Crippen LogP contribution in [0.3, 0.4) is 0 Å². The second kappa shape index (κ2) is 6.93. The molecule has 0 bridgehead atoms. The first-order valence-electron chi connectivity index (χ1n) is 8.25. The molecule has 2 N–H and O–H groups in total. The summed E-state index contributed by atoms with van der Waals surface area (Å²) in [6, 6.07) is -0.00784. The molecule has 1 saturated heterocycles. The Morgan fingerprint density at radius 1 is 1.20 bits per heavy atom. The Kier molecular flexibility index (Phi) is 6.06. The zero-order valence-corrected chi connectivity index (χ0v) is 14.2. The molecule has 1 rings (SSSR count). The van der Waals surface area contributed by atoms with Crippen molar-refractivity contribution in [3.63, 3.8) is 0 Å². The zero-order chi connectivity index (χ0) is 15.4. The molecular formula is C17H34N2O. The summed E-state index contributed by atoms with van der Waals surface area (Å²) < 4.78 is 0. The van der Waals surface area contributed by atoms with Gasteiger partial charge in [0.25, 0.3) is 0 Å². The Hall–Kier alpha value is -0.570. The van der Waals surface area contributed by atoms with Crippen molar-refractivity contribution in [2.45, 2.75) is 79.2 Å².